The lowest BCUT2D eigenvalue weighted by Gasteiger charge is -2.17. The molecule has 0 radical (unpaired) electrons. The third-order valence-corrected chi connectivity index (χ3v) is 6.74. The molecule has 0 bridgehead atoms. The highest BCUT2D eigenvalue weighted by Gasteiger charge is 2.21. The molecule has 5 nitrogen and oxygen atoms in total. The van der Waals surface area contributed by atoms with Gasteiger partial charge in [-0.05, 0) is 37.1 Å². The molecule has 3 aromatic rings. The predicted octanol–water partition coefficient (Wildman–Crippen LogP) is 6.00. The average Bonchev–Trinajstić information content (AvgIpc) is 3.24. The zero-order valence-electron chi connectivity index (χ0n) is 16.0. The van der Waals surface area contributed by atoms with Crippen LogP contribution in [0, 0.1) is 0 Å². The van der Waals surface area contributed by atoms with Gasteiger partial charge in [0.1, 0.15) is 0 Å². The molecule has 1 N–H and O–H groups in total. The van der Waals surface area contributed by atoms with Crippen molar-refractivity contribution >= 4 is 35.1 Å². The number of carbonyl (C=O) groups is 1. The molecule has 0 atom stereocenters. The predicted molar refractivity (Wildman–Crippen MR) is 116 cm³/mol. The smallest absolute Gasteiger partial charge is 0.277 e. The second-order valence-corrected chi connectivity index (χ2v) is 9.03. The first-order valence-corrected chi connectivity index (χ1v) is 11.7. The van der Waals surface area contributed by atoms with Crippen LogP contribution in [0.4, 0.5) is 5.69 Å². The summed E-state index contributed by atoms with van der Waals surface area (Å²) < 4.78 is 5.78. The number of carbonyl (C=O) groups excluding carboxylic acids is 1. The third kappa shape index (κ3) is 5.64. The molecule has 0 spiro atoms. The number of nitrogens with one attached hydrogen (secondary N) is 1. The van der Waals surface area contributed by atoms with Crippen LogP contribution in [0.2, 0.25) is 0 Å². The Bertz CT molecular complexity index is 940. The summed E-state index contributed by atoms with van der Waals surface area (Å²) >= 11 is 2.91. The summed E-state index contributed by atoms with van der Waals surface area (Å²) in [6.07, 6.45) is 5.96. The maximum absolute atomic E-state index is 12.5. The van der Waals surface area contributed by atoms with Crippen molar-refractivity contribution in [3.63, 3.8) is 0 Å². The standard InChI is InChI=1S/C22H23N3O2S2/c26-20(15-28-22-25-24-21(27-22)16-9-3-1-4-10-16)23-18-13-7-8-14-19(18)29-17-11-5-2-6-12-17/h2,5-8,11-14,16H,1,3-4,9-10,15H2,(H,23,26). The summed E-state index contributed by atoms with van der Waals surface area (Å²) in [6, 6.07) is 17.9. The highest BCUT2D eigenvalue weighted by Crippen LogP contribution is 2.34. The van der Waals surface area contributed by atoms with Crippen molar-refractivity contribution in [3.8, 4) is 0 Å². The normalized spacial score (nSPS) is 14.6. The Labute approximate surface area is 179 Å². The van der Waals surface area contributed by atoms with E-state index in [1.807, 2.05) is 42.5 Å². The van der Waals surface area contributed by atoms with E-state index >= 15 is 0 Å². The molecular formula is C22H23N3O2S2. The first-order valence-electron chi connectivity index (χ1n) is 9.86. The van der Waals surface area contributed by atoms with Crippen LogP contribution in [-0.4, -0.2) is 21.9 Å². The molecule has 0 aliphatic heterocycles. The molecule has 1 saturated carbocycles. The molecule has 4 rings (SSSR count). The molecule has 1 aliphatic rings. The molecule has 0 unspecified atom stereocenters. The van der Waals surface area contributed by atoms with E-state index < -0.39 is 0 Å². The molecule has 29 heavy (non-hydrogen) atoms. The zero-order chi connectivity index (χ0) is 19.9. The fourth-order valence-corrected chi connectivity index (χ4v) is 4.87. The Kier molecular flexibility index (Phi) is 6.90. The minimum atomic E-state index is -0.0893. The van der Waals surface area contributed by atoms with Gasteiger partial charge in [-0.15, -0.1) is 10.2 Å². The number of hydrogen-bond donors (Lipinski definition) is 1. The van der Waals surface area contributed by atoms with E-state index in [2.05, 4.69) is 27.6 Å². The van der Waals surface area contributed by atoms with E-state index in [0.717, 1.165) is 34.2 Å². The number of aromatic nitrogens is 2. The van der Waals surface area contributed by atoms with Crippen molar-refractivity contribution in [2.24, 2.45) is 0 Å². The second-order valence-electron chi connectivity index (χ2n) is 6.99. The Morgan fingerprint density at radius 2 is 1.76 bits per heavy atom. The van der Waals surface area contributed by atoms with E-state index in [4.69, 9.17) is 4.42 Å². The van der Waals surface area contributed by atoms with Gasteiger partial charge in [-0.25, -0.2) is 0 Å². The number of hydrogen-bond acceptors (Lipinski definition) is 6. The summed E-state index contributed by atoms with van der Waals surface area (Å²) in [5.74, 6) is 1.24. The first-order chi connectivity index (χ1) is 14.3. The van der Waals surface area contributed by atoms with Crippen LogP contribution in [0.5, 0.6) is 0 Å². The first kappa shape index (κ1) is 20.0. The van der Waals surface area contributed by atoms with Crippen LogP contribution in [0.25, 0.3) is 0 Å². The van der Waals surface area contributed by atoms with E-state index in [9.17, 15) is 4.79 Å². The molecule has 7 heteroatoms. The lowest BCUT2D eigenvalue weighted by Crippen LogP contribution is -2.14. The van der Waals surface area contributed by atoms with E-state index in [1.165, 1.54) is 31.0 Å². The Balaban J connectivity index is 1.33. The molecular weight excluding hydrogens is 402 g/mol. The van der Waals surface area contributed by atoms with E-state index in [1.54, 1.807) is 11.8 Å². The summed E-state index contributed by atoms with van der Waals surface area (Å²) in [7, 11) is 0. The van der Waals surface area contributed by atoms with Crippen LogP contribution in [0.15, 0.2) is 74.0 Å². The van der Waals surface area contributed by atoms with Crippen molar-refractivity contribution < 1.29 is 9.21 Å². The SMILES string of the molecule is O=C(CSc1nnc(C2CCCCC2)o1)Nc1ccccc1Sc1ccccc1. The summed E-state index contributed by atoms with van der Waals surface area (Å²) in [5.41, 5.74) is 0.806. The third-order valence-electron chi connectivity index (χ3n) is 4.84. The molecule has 1 heterocycles. The maximum Gasteiger partial charge on any atom is 0.277 e. The molecule has 1 aliphatic carbocycles. The molecule has 1 aromatic heterocycles. The van der Waals surface area contributed by atoms with Gasteiger partial charge in [-0.3, -0.25) is 4.79 Å². The fraction of sp³-hybridized carbons (Fsp3) is 0.318. The van der Waals surface area contributed by atoms with Crippen LogP contribution in [-0.2, 0) is 4.79 Å². The minimum Gasteiger partial charge on any atom is -0.416 e. The van der Waals surface area contributed by atoms with Gasteiger partial charge in [0.25, 0.3) is 5.22 Å². The number of amides is 1. The van der Waals surface area contributed by atoms with Crippen molar-refractivity contribution in [1.29, 1.82) is 0 Å². The highest BCUT2D eigenvalue weighted by molar-refractivity contribution is 8.00. The second kappa shape index (κ2) is 9.98. The molecule has 0 saturated heterocycles. The lowest BCUT2D eigenvalue weighted by atomic mass is 9.89. The summed E-state index contributed by atoms with van der Waals surface area (Å²) in [4.78, 5) is 14.6. The van der Waals surface area contributed by atoms with Gasteiger partial charge in [0, 0.05) is 15.7 Å². The van der Waals surface area contributed by atoms with Gasteiger partial charge in [0.15, 0.2) is 0 Å². The van der Waals surface area contributed by atoms with Gasteiger partial charge in [-0.2, -0.15) is 0 Å². The van der Waals surface area contributed by atoms with Crippen molar-refractivity contribution in [2.75, 3.05) is 11.1 Å². The largest absolute Gasteiger partial charge is 0.416 e. The van der Waals surface area contributed by atoms with Crippen molar-refractivity contribution in [3.05, 3.63) is 60.5 Å². The Morgan fingerprint density at radius 1 is 1.00 bits per heavy atom. The number of rotatable bonds is 7. The van der Waals surface area contributed by atoms with Gasteiger partial charge in [0.2, 0.25) is 11.8 Å². The van der Waals surface area contributed by atoms with Crippen LogP contribution in [0.3, 0.4) is 0 Å². The minimum absolute atomic E-state index is 0.0893. The summed E-state index contributed by atoms with van der Waals surface area (Å²) in [6.45, 7) is 0. The van der Waals surface area contributed by atoms with Crippen LogP contribution in [0.1, 0.15) is 43.9 Å². The van der Waals surface area contributed by atoms with E-state index in [-0.39, 0.29) is 11.7 Å². The van der Waals surface area contributed by atoms with Gasteiger partial charge < -0.3 is 9.73 Å². The van der Waals surface area contributed by atoms with E-state index in [0.29, 0.717) is 11.1 Å². The van der Waals surface area contributed by atoms with Gasteiger partial charge in [0.05, 0.1) is 11.4 Å². The van der Waals surface area contributed by atoms with Crippen molar-refractivity contribution in [1.82, 2.24) is 10.2 Å². The number of nitrogens with zero attached hydrogens (tertiary/aromatic N) is 2. The number of anilines is 1. The molecule has 150 valence electrons. The molecule has 1 amide bonds. The summed E-state index contributed by atoms with van der Waals surface area (Å²) in [5, 5.41) is 11.8. The van der Waals surface area contributed by atoms with Crippen molar-refractivity contribution in [2.45, 2.75) is 53.0 Å². The number of thioether (sulfide) groups is 1. The number of para-hydroxylation sites is 1. The topological polar surface area (TPSA) is 68.0 Å². The average molecular weight is 426 g/mol. The molecule has 1 fully saturated rings. The zero-order valence-corrected chi connectivity index (χ0v) is 17.7. The maximum atomic E-state index is 12.5. The quantitative estimate of drug-likeness (QED) is 0.468. The Morgan fingerprint density at radius 3 is 2.59 bits per heavy atom. The number of benzene rings is 2. The fourth-order valence-electron chi connectivity index (χ4n) is 3.38. The monoisotopic (exact) mass is 425 g/mol. The molecule has 2 aromatic carbocycles. The highest BCUT2D eigenvalue weighted by atomic mass is 32.2. The lowest BCUT2D eigenvalue weighted by molar-refractivity contribution is -0.113. The van der Waals surface area contributed by atoms with Crippen LogP contribution < -0.4 is 5.32 Å². The Hall–Kier alpha value is -2.25. The van der Waals surface area contributed by atoms with Gasteiger partial charge in [-0.1, -0.05) is 73.1 Å². The van der Waals surface area contributed by atoms with Crippen LogP contribution >= 0.6 is 23.5 Å². The van der Waals surface area contributed by atoms with Gasteiger partial charge >= 0.3 is 0 Å².